The third kappa shape index (κ3) is 13.3. The second-order valence-corrected chi connectivity index (χ2v) is 16.2. The highest BCUT2D eigenvalue weighted by Crippen LogP contribution is 2.46. The van der Waals surface area contributed by atoms with Crippen LogP contribution in [0.15, 0.2) is 78.9 Å². The van der Waals surface area contributed by atoms with Crippen molar-refractivity contribution in [3.63, 3.8) is 0 Å². The minimum atomic E-state index is -5.92. The molecule has 1 unspecified atom stereocenters. The lowest BCUT2D eigenvalue weighted by atomic mass is 9.90. The minimum Gasteiger partial charge on any atom is -0.508 e. The van der Waals surface area contributed by atoms with Gasteiger partial charge in [-0.3, -0.25) is 14.4 Å². The largest absolute Gasteiger partial charge is 0.508 e. The van der Waals surface area contributed by atoms with Crippen LogP contribution in [0.3, 0.4) is 0 Å². The summed E-state index contributed by atoms with van der Waals surface area (Å²) >= 11 is 0. The fourth-order valence-electron chi connectivity index (χ4n) is 4.98. The van der Waals surface area contributed by atoms with Crippen molar-refractivity contribution in [2.75, 3.05) is 0 Å². The number of aromatic hydroxyl groups is 1. The van der Waals surface area contributed by atoms with E-state index in [1.165, 1.54) is 36.8 Å². The smallest absolute Gasteiger partial charge is 0.426 e. The number of hydrogen-bond donors (Lipinski definition) is 2. The van der Waals surface area contributed by atoms with Crippen molar-refractivity contribution in [3.05, 3.63) is 84.4 Å². The topological polar surface area (TPSA) is 119 Å². The fraction of sp³-hybridized carbons (Fsp3) is 0.489. The van der Waals surface area contributed by atoms with Gasteiger partial charge in [-0.25, -0.2) is 0 Å². The monoisotopic (exact) mass is 838 g/mol. The molecule has 0 bridgehead atoms. The highest BCUT2D eigenvalue weighted by molar-refractivity contribution is 6.02. The number of esters is 3. The molecule has 326 valence electrons. The molecule has 4 aromatic carbocycles. The Labute approximate surface area is 341 Å². The first-order valence-corrected chi connectivity index (χ1v) is 19.2. The Balaban J connectivity index is 0.000000312. The van der Waals surface area contributed by atoms with Gasteiger partial charge in [0.05, 0.1) is 16.2 Å². The number of carbonyl (C=O) groups excluding carboxylic acids is 3. The Bertz CT molecular complexity index is 1950. The van der Waals surface area contributed by atoms with Gasteiger partial charge in [0.2, 0.25) is 0 Å². The lowest BCUT2D eigenvalue weighted by Gasteiger charge is -2.34. The van der Waals surface area contributed by atoms with Gasteiger partial charge in [-0.1, -0.05) is 69.3 Å². The van der Waals surface area contributed by atoms with Crippen LogP contribution in [0, 0.1) is 16.2 Å². The quantitative estimate of drug-likeness (QED) is 0.0626. The summed E-state index contributed by atoms with van der Waals surface area (Å²) in [6.07, 6.45) is -13.6. The van der Waals surface area contributed by atoms with Gasteiger partial charge in [-0.05, 0) is 120 Å². The first-order chi connectivity index (χ1) is 27.1. The van der Waals surface area contributed by atoms with Crippen LogP contribution in [0.2, 0.25) is 0 Å². The third-order valence-electron chi connectivity index (χ3n) is 10.4. The predicted octanol–water partition coefficient (Wildman–Crippen LogP) is 11.8. The summed E-state index contributed by atoms with van der Waals surface area (Å²) in [5.41, 5.74) is -5.80. The molecule has 8 nitrogen and oxygen atoms in total. The Morgan fingerprint density at radius 3 is 1.46 bits per heavy atom. The van der Waals surface area contributed by atoms with Crippen LogP contribution < -0.4 is 4.74 Å². The van der Waals surface area contributed by atoms with E-state index in [-0.39, 0.29) is 17.7 Å². The summed E-state index contributed by atoms with van der Waals surface area (Å²) in [6, 6.07) is 24.8. The minimum absolute atomic E-state index is 0.142. The van der Waals surface area contributed by atoms with Crippen LogP contribution in [0.1, 0.15) is 100 Å². The number of phenols is 1. The Morgan fingerprint density at radius 1 is 0.627 bits per heavy atom. The van der Waals surface area contributed by atoms with Crippen molar-refractivity contribution in [2.45, 2.75) is 126 Å². The molecule has 14 heteroatoms. The number of fused-ring (bicyclic) bond motifs is 2. The average Bonchev–Trinajstić information content (AvgIpc) is 3.16. The van der Waals surface area contributed by atoms with Crippen molar-refractivity contribution in [2.24, 2.45) is 16.2 Å². The first kappa shape index (κ1) is 50.3. The summed E-state index contributed by atoms with van der Waals surface area (Å²) in [4.78, 5) is 35.6. The molecule has 0 saturated heterocycles. The SMILES string of the molecule is CCC(C)(C)C(=O)OC(C)CC(O)(C(F)(F)F)C(F)(F)F.CCC(C)(C)C(=O)OCc1c2ccccc2cc2ccccc12.CCC(C)(C)C(=O)Oc1ccc(O)cc1. The lowest BCUT2D eigenvalue weighted by molar-refractivity contribution is -0.373. The van der Waals surface area contributed by atoms with Gasteiger partial charge >= 0.3 is 30.3 Å². The Hall–Kier alpha value is -4.85. The average molecular weight is 839 g/mol. The molecule has 4 aromatic rings. The van der Waals surface area contributed by atoms with E-state index in [0.29, 0.717) is 18.8 Å². The number of halogens is 6. The van der Waals surface area contributed by atoms with Gasteiger partial charge in [0.15, 0.2) is 0 Å². The summed E-state index contributed by atoms with van der Waals surface area (Å²) in [5, 5.41) is 22.7. The fourth-order valence-corrected chi connectivity index (χ4v) is 4.98. The van der Waals surface area contributed by atoms with Gasteiger partial charge in [0.1, 0.15) is 24.2 Å². The number of ether oxygens (including phenoxy) is 3. The molecule has 1 atom stereocenters. The van der Waals surface area contributed by atoms with Crippen molar-refractivity contribution in [1.29, 1.82) is 0 Å². The maximum absolute atomic E-state index is 12.5. The molecule has 0 saturated carbocycles. The van der Waals surface area contributed by atoms with E-state index in [9.17, 15) is 40.7 Å². The molecule has 0 aliphatic rings. The van der Waals surface area contributed by atoms with Crippen molar-refractivity contribution in [3.8, 4) is 11.5 Å². The summed E-state index contributed by atoms with van der Waals surface area (Å²) in [5.74, 6) is -0.708. The summed E-state index contributed by atoms with van der Waals surface area (Å²) < 4.78 is 90.4. The normalized spacial score (nSPS) is 13.0. The standard InChI is InChI=1S/C21H22O2.C12H18F6O3.C12H16O3/c1-4-21(2,3)20(22)23-14-19-17-11-7-5-9-15(17)13-16-10-6-8-12-18(16)19;1-5-9(3,4)8(19)21-7(2)6-10(20,11(13,14)15)12(16,17)18;1-4-12(2,3)11(14)15-10-7-5-9(13)6-8-10/h5-13H,4,14H2,1-3H3;7,20H,5-6H2,1-4H3;5-8,13H,4H2,1-3H3. The number of phenolic OH excluding ortho intramolecular Hbond substituents is 1. The first-order valence-electron chi connectivity index (χ1n) is 19.2. The maximum atomic E-state index is 12.5. The van der Waals surface area contributed by atoms with Crippen LogP contribution in [-0.2, 0) is 30.5 Å². The van der Waals surface area contributed by atoms with Crippen LogP contribution in [0.25, 0.3) is 21.5 Å². The Morgan fingerprint density at radius 2 is 1.03 bits per heavy atom. The number of alkyl halides is 6. The molecule has 0 aliphatic carbocycles. The van der Waals surface area contributed by atoms with Crippen molar-refractivity contribution in [1.82, 2.24) is 0 Å². The van der Waals surface area contributed by atoms with Crippen LogP contribution in [-0.4, -0.2) is 52.2 Å². The highest BCUT2D eigenvalue weighted by Gasteiger charge is 2.70. The van der Waals surface area contributed by atoms with Crippen molar-refractivity contribution < 1.29 is 65.1 Å². The van der Waals surface area contributed by atoms with E-state index in [0.717, 1.165) is 36.1 Å². The van der Waals surface area contributed by atoms with E-state index in [2.05, 4.69) is 35.1 Å². The highest BCUT2D eigenvalue weighted by atomic mass is 19.4. The Kier molecular flexibility index (Phi) is 17.0. The molecule has 0 amide bonds. The zero-order valence-electron chi connectivity index (χ0n) is 35.2. The van der Waals surface area contributed by atoms with E-state index in [1.54, 1.807) is 19.1 Å². The number of benzene rings is 4. The zero-order valence-corrected chi connectivity index (χ0v) is 35.2. The van der Waals surface area contributed by atoms with Crippen LogP contribution in [0.5, 0.6) is 11.5 Å². The summed E-state index contributed by atoms with van der Waals surface area (Å²) in [6.45, 7) is 17.2. The molecular weight excluding hydrogens is 782 g/mol. The summed E-state index contributed by atoms with van der Waals surface area (Å²) in [7, 11) is 0. The second-order valence-electron chi connectivity index (χ2n) is 16.2. The van der Waals surface area contributed by atoms with E-state index >= 15 is 0 Å². The molecule has 0 radical (unpaired) electrons. The zero-order chi connectivity index (χ0) is 45.2. The van der Waals surface area contributed by atoms with Gasteiger partial charge in [0, 0.05) is 12.0 Å². The molecule has 0 fully saturated rings. The third-order valence-corrected chi connectivity index (χ3v) is 10.4. The molecule has 0 heterocycles. The number of rotatable bonds is 12. The lowest BCUT2D eigenvalue weighted by Crippen LogP contribution is -2.58. The van der Waals surface area contributed by atoms with E-state index in [4.69, 9.17) is 19.7 Å². The maximum Gasteiger partial charge on any atom is 0.426 e. The molecule has 0 aliphatic heterocycles. The molecular formula is C45H56F6O8. The van der Waals surface area contributed by atoms with Crippen molar-refractivity contribution >= 4 is 39.5 Å². The van der Waals surface area contributed by atoms with E-state index < -0.39 is 52.7 Å². The van der Waals surface area contributed by atoms with Crippen LogP contribution >= 0.6 is 0 Å². The second kappa shape index (κ2) is 19.9. The number of hydrogen-bond acceptors (Lipinski definition) is 8. The molecule has 0 spiro atoms. The molecule has 0 aromatic heterocycles. The van der Waals surface area contributed by atoms with Gasteiger partial charge < -0.3 is 24.4 Å². The van der Waals surface area contributed by atoms with Gasteiger partial charge in [-0.15, -0.1) is 0 Å². The van der Waals surface area contributed by atoms with E-state index in [1.807, 2.05) is 65.8 Å². The van der Waals surface area contributed by atoms with Crippen LogP contribution in [0.4, 0.5) is 26.3 Å². The van der Waals surface area contributed by atoms with Gasteiger partial charge in [0.25, 0.3) is 5.60 Å². The molecule has 4 rings (SSSR count). The molecule has 59 heavy (non-hydrogen) atoms. The predicted molar refractivity (Wildman–Crippen MR) is 214 cm³/mol. The number of carbonyl (C=O) groups is 3. The number of aliphatic hydroxyl groups is 1. The van der Waals surface area contributed by atoms with Gasteiger partial charge in [-0.2, -0.15) is 26.3 Å². The molecule has 2 N–H and O–H groups in total.